The normalized spacial score (nSPS) is 25.8. The molecule has 3 rings (SSSR count). The number of hydrogen-bond acceptors (Lipinski definition) is 6. The molecule has 8 nitrogen and oxygen atoms in total. The highest BCUT2D eigenvalue weighted by Crippen LogP contribution is 2.34. The number of nitrogens with zero attached hydrogens (tertiary/aromatic N) is 2. The molecule has 2 amide bonds. The van der Waals surface area contributed by atoms with Crippen molar-refractivity contribution in [3.8, 4) is 0 Å². The predicted octanol–water partition coefficient (Wildman–Crippen LogP) is 2.56. The third-order valence-corrected chi connectivity index (χ3v) is 6.83. The number of likely N-dealkylation sites (tertiary alicyclic amines) is 1. The van der Waals surface area contributed by atoms with E-state index >= 15 is 0 Å². The van der Waals surface area contributed by atoms with Crippen molar-refractivity contribution in [2.45, 2.75) is 70.3 Å². The summed E-state index contributed by atoms with van der Waals surface area (Å²) < 4.78 is 10.3. The Morgan fingerprint density at radius 1 is 1.19 bits per heavy atom. The molecule has 4 atom stereocenters. The highest BCUT2D eigenvalue weighted by molar-refractivity contribution is 5.88. The van der Waals surface area contributed by atoms with Crippen molar-refractivity contribution in [3.05, 3.63) is 35.9 Å². The quantitative estimate of drug-likeness (QED) is 0.649. The third kappa shape index (κ3) is 5.59. The van der Waals surface area contributed by atoms with Gasteiger partial charge in [-0.15, -0.1) is 0 Å². The Hall–Kier alpha value is -2.61. The fraction of sp³-hybridized carbons (Fsp3) is 0.625. The minimum Gasteiger partial charge on any atom is -0.469 e. The highest BCUT2D eigenvalue weighted by atomic mass is 16.5. The van der Waals surface area contributed by atoms with Crippen molar-refractivity contribution in [2.75, 3.05) is 20.7 Å². The second kappa shape index (κ2) is 10.8. The zero-order valence-corrected chi connectivity index (χ0v) is 19.5. The second-order valence-corrected chi connectivity index (χ2v) is 9.00. The maximum absolute atomic E-state index is 13.1. The molecular formula is C24H35N3O5. The minimum absolute atomic E-state index is 0.148. The lowest BCUT2D eigenvalue weighted by Gasteiger charge is -2.43. The van der Waals surface area contributed by atoms with E-state index in [1.165, 1.54) is 7.11 Å². The van der Waals surface area contributed by atoms with Crippen LogP contribution in [0.2, 0.25) is 0 Å². The first-order chi connectivity index (χ1) is 15.3. The molecule has 0 aromatic heterocycles. The summed E-state index contributed by atoms with van der Waals surface area (Å²) in [5.41, 5.74) is 0.881. The van der Waals surface area contributed by atoms with E-state index in [1.54, 1.807) is 4.90 Å². The maximum atomic E-state index is 13.1. The second-order valence-electron chi connectivity index (χ2n) is 9.00. The van der Waals surface area contributed by atoms with Crippen LogP contribution in [-0.2, 0) is 25.7 Å². The molecule has 2 aliphatic rings. The maximum Gasteiger partial charge on any atom is 0.408 e. The summed E-state index contributed by atoms with van der Waals surface area (Å²) in [5.74, 6) is -0.799. The van der Waals surface area contributed by atoms with E-state index in [-0.39, 0.29) is 36.5 Å². The van der Waals surface area contributed by atoms with Gasteiger partial charge in [0.15, 0.2) is 0 Å². The van der Waals surface area contributed by atoms with Crippen LogP contribution in [0.3, 0.4) is 0 Å². The van der Waals surface area contributed by atoms with E-state index in [0.29, 0.717) is 25.4 Å². The van der Waals surface area contributed by atoms with Crippen LogP contribution in [-0.4, -0.2) is 72.6 Å². The fourth-order valence-electron chi connectivity index (χ4n) is 4.77. The Morgan fingerprint density at radius 3 is 2.56 bits per heavy atom. The molecule has 1 aliphatic heterocycles. The number of nitrogens with one attached hydrogen (secondary N) is 1. The summed E-state index contributed by atoms with van der Waals surface area (Å²) in [4.78, 5) is 41.9. The molecule has 1 heterocycles. The number of rotatable bonds is 7. The van der Waals surface area contributed by atoms with E-state index in [9.17, 15) is 14.4 Å². The SMILES string of the molecule is COC(=O)C1CC(N(C)C(C)C)CCC1N1CC[C@H](NC(=O)OCc2ccccc2)C1=O. The van der Waals surface area contributed by atoms with E-state index in [2.05, 4.69) is 31.1 Å². The Kier molecular flexibility index (Phi) is 8.12. The molecule has 0 bridgehead atoms. The monoisotopic (exact) mass is 445 g/mol. The first-order valence-electron chi connectivity index (χ1n) is 11.4. The smallest absolute Gasteiger partial charge is 0.408 e. The van der Waals surface area contributed by atoms with Crippen LogP contribution in [0.5, 0.6) is 0 Å². The van der Waals surface area contributed by atoms with Crippen molar-refractivity contribution < 1.29 is 23.9 Å². The predicted molar refractivity (Wildman–Crippen MR) is 120 cm³/mol. The van der Waals surface area contributed by atoms with Gasteiger partial charge in [0.25, 0.3) is 0 Å². The average molecular weight is 446 g/mol. The number of carbonyl (C=O) groups excluding carboxylic acids is 3. The number of alkyl carbamates (subject to hydrolysis) is 1. The first kappa shape index (κ1) is 24.0. The van der Waals surface area contributed by atoms with Gasteiger partial charge in [0, 0.05) is 24.7 Å². The number of amides is 2. The number of carbonyl (C=O) groups is 3. The molecule has 1 saturated carbocycles. The molecule has 0 radical (unpaired) electrons. The highest BCUT2D eigenvalue weighted by Gasteiger charge is 2.45. The molecular weight excluding hydrogens is 410 g/mol. The van der Waals surface area contributed by atoms with Gasteiger partial charge in [0.2, 0.25) is 5.91 Å². The Labute approximate surface area is 190 Å². The summed E-state index contributed by atoms with van der Waals surface area (Å²) in [7, 11) is 3.47. The molecule has 1 saturated heterocycles. The lowest BCUT2D eigenvalue weighted by Crippen LogP contribution is -2.53. The van der Waals surface area contributed by atoms with Crippen molar-refractivity contribution >= 4 is 18.0 Å². The zero-order valence-electron chi connectivity index (χ0n) is 19.5. The van der Waals surface area contributed by atoms with E-state index < -0.39 is 12.1 Å². The number of esters is 1. The summed E-state index contributed by atoms with van der Waals surface area (Å²) in [6.07, 6.45) is 2.19. The van der Waals surface area contributed by atoms with Gasteiger partial charge < -0.3 is 24.6 Å². The zero-order chi connectivity index (χ0) is 23.3. The fourth-order valence-corrected chi connectivity index (χ4v) is 4.77. The van der Waals surface area contributed by atoms with Gasteiger partial charge in [0.1, 0.15) is 12.6 Å². The standard InChI is InChI=1S/C24H35N3O5/c1-16(2)26(3)18-10-11-21(19(14-18)23(29)31-4)27-13-12-20(22(27)28)25-24(30)32-15-17-8-6-5-7-9-17/h5-9,16,18-21H,10-15H2,1-4H3,(H,25,30)/t18?,19?,20-,21?/m0/s1. The molecule has 1 N–H and O–H groups in total. The van der Waals surface area contributed by atoms with Crippen molar-refractivity contribution in [3.63, 3.8) is 0 Å². The van der Waals surface area contributed by atoms with Crippen LogP contribution < -0.4 is 5.32 Å². The molecule has 2 fully saturated rings. The Morgan fingerprint density at radius 2 is 1.91 bits per heavy atom. The van der Waals surface area contributed by atoms with Gasteiger partial charge >= 0.3 is 12.1 Å². The average Bonchev–Trinajstić information content (AvgIpc) is 3.16. The summed E-state index contributed by atoms with van der Waals surface area (Å²) in [6.45, 7) is 4.92. The molecule has 1 aliphatic carbocycles. The summed E-state index contributed by atoms with van der Waals surface area (Å²) >= 11 is 0. The van der Waals surface area contributed by atoms with Gasteiger partial charge in [0.05, 0.1) is 13.0 Å². The molecule has 32 heavy (non-hydrogen) atoms. The minimum atomic E-state index is -0.632. The van der Waals surface area contributed by atoms with Crippen LogP contribution in [0.4, 0.5) is 4.79 Å². The molecule has 176 valence electrons. The number of methoxy groups -OCH3 is 1. The van der Waals surface area contributed by atoms with Gasteiger partial charge in [-0.25, -0.2) is 4.79 Å². The summed E-state index contributed by atoms with van der Waals surface area (Å²) in [6, 6.07) is 9.19. The number of benzene rings is 1. The topological polar surface area (TPSA) is 88.2 Å². The van der Waals surface area contributed by atoms with Crippen molar-refractivity contribution in [1.82, 2.24) is 15.1 Å². The van der Waals surface area contributed by atoms with Crippen LogP contribution in [0.1, 0.15) is 45.1 Å². The van der Waals surface area contributed by atoms with E-state index in [1.807, 2.05) is 30.3 Å². The molecule has 1 aromatic carbocycles. The van der Waals surface area contributed by atoms with Gasteiger partial charge in [-0.05, 0) is 52.1 Å². The van der Waals surface area contributed by atoms with E-state index in [0.717, 1.165) is 18.4 Å². The lowest BCUT2D eigenvalue weighted by atomic mass is 9.80. The largest absolute Gasteiger partial charge is 0.469 e. The number of ether oxygens (including phenoxy) is 2. The number of hydrogen-bond donors (Lipinski definition) is 1. The first-order valence-corrected chi connectivity index (χ1v) is 11.4. The molecule has 8 heteroatoms. The van der Waals surface area contributed by atoms with Crippen LogP contribution in [0, 0.1) is 5.92 Å². The Bertz CT molecular complexity index is 800. The van der Waals surface area contributed by atoms with Crippen LogP contribution >= 0.6 is 0 Å². The van der Waals surface area contributed by atoms with Crippen LogP contribution in [0.15, 0.2) is 30.3 Å². The Balaban J connectivity index is 1.59. The summed E-state index contributed by atoms with van der Waals surface area (Å²) in [5, 5.41) is 2.69. The lowest BCUT2D eigenvalue weighted by molar-refractivity contribution is -0.152. The van der Waals surface area contributed by atoms with Crippen LogP contribution in [0.25, 0.3) is 0 Å². The van der Waals surface area contributed by atoms with E-state index in [4.69, 9.17) is 9.47 Å². The van der Waals surface area contributed by atoms with Gasteiger partial charge in [-0.1, -0.05) is 30.3 Å². The molecule has 1 aromatic rings. The van der Waals surface area contributed by atoms with Crippen molar-refractivity contribution in [2.24, 2.45) is 5.92 Å². The third-order valence-electron chi connectivity index (χ3n) is 6.83. The van der Waals surface area contributed by atoms with Crippen molar-refractivity contribution in [1.29, 1.82) is 0 Å². The van der Waals surface area contributed by atoms with Gasteiger partial charge in [-0.2, -0.15) is 0 Å². The van der Waals surface area contributed by atoms with Gasteiger partial charge in [-0.3, -0.25) is 9.59 Å². The molecule has 3 unspecified atom stereocenters. The molecule has 0 spiro atoms.